The van der Waals surface area contributed by atoms with Crippen molar-refractivity contribution in [3.8, 4) is 0 Å². The molecule has 0 spiro atoms. The van der Waals surface area contributed by atoms with E-state index in [0.717, 1.165) is 0 Å². The van der Waals surface area contributed by atoms with Crippen molar-refractivity contribution in [2.45, 2.75) is 36.6 Å². The van der Waals surface area contributed by atoms with Gasteiger partial charge in [0.15, 0.2) is 0 Å². The van der Waals surface area contributed by atoms with Crippen LogP contribution < -0.4 is 5.43 Å². The number of rotatable bonds is 2. The monoisotopic (exact) mass is 248 g/mol. The van der Waals surface area contributed by atoms with Crippen LogP contribution in [0.3, 0.4) is 0 Å². The standard InChI is InChI=1S/C14H20N2S/c1-4-9-16(10-5-1)15-13-8-11-17-14-7-3-2-6-12(13)14/h2-3,6-7,13,15H,1,4-5,8-11H2. The molecule has 2 aliphatic rings. The Morgan fingerprint density at radius 2 is 1.94 bits per heavy atom. The molecule has 1 N–H and O–H groups in total. The smallest absolute Gasteiger partial charge is 0.0483 e. The van der Waals surface area contributed by atoms with Gasteiger partial charge in [0.1, 0.15) is 0 Å². The maximum Gasteiger partial charge on any atom is 0.0483 e. The average Bonchev–Trinajstić information content (AvgIpc) is 2.40. The van der Waals surface area contributed by atoms with Gasteiger partial charge in [-0.05, 0) is 36.6 Å². The Morgan fingerprint density at radius 3 is 2.82 bits per heavy atom. The minimum absolute atomic E-state index is 0.533. The first-order valence-electron chi connectivity index (χ1n) is 6.66. The number of thioether (sulfide) groups is 1. The third kappa shape index (κ3) is 2.67. The maximum absolute atomic E-state index is 3.73. The van der Waals surface area contributed by atoms with Crippen LogP contribution in [0.5, 0.6) is 0 Å². The summed E-state index contributed by atoms with van der Waals surface area (Å²) in [6, 6.07) is 9.38. The highest BCUT2D eigenvalue weighted by Gasteiger charge is 2.22. The minimum atomic E-state index is 0.533. The Balaban J connectivity index is 1.71. The average molecular weight is 248 g/mol. The van der Waals surface area contributed by atoms with E-state index in [2.05, 4.69) is 34.7 Å². The third-order valence-electron chi connectivity index (χ3n) is 3.65. The minimum Gasteiger partial charge on any atom is -0.248 e. The van der Waals surface area contributed by atoms with E-state index in [0.29, 0.717) is 6.04 Å². The summed E-state index contributed by atoms with van der Waals surface area (Å²) in [4.78, 5) is 1.47. The Labute approximate surface area is 108 Å². The third-order valence-corrected chi connectivity index (χ3v) is 4.78. The molecule has 1 atom stereocenters. The second-order valence-corrected chi connectivity index (χ2v) is 6.04. The molecule has 1 saturated heterocycles. The van der Waals surface area contributed by atoms with E-state index in [-0.39, 0.29) is 0 Å². The van der Waals surface area contributed by atoms with Gasteiger partial charge in [-0.2, -0.15) is 0 Å². The second-order valence-electron chi connectivity index (χ2n) is 4.90. The maximum atomic E-state index is 3.73. The zero-order valence-electron chi connectivity index (χ0n) is 10.2. The predicted octanol–water partition coefficient (Wildman–Crippen LogP) is 3.21. The van der Waals surface area contributed by atoms with Crippen LogP contribution in [-0.2, 0) is 0 Å². The molecule has 92 valence electrons. The van der Waals surface area contributed by atoms with E-state index >= 15 is 0 Å². The molecule has 1 fully saturated rings. The van der Waals surface area contributed by atoms with Gasteiger partial charge in [0.2, 0.25) is 0 Å². The molecule has 2 aliphatic heterocycles. The van der Waals surface area contributed by atoms with Crippen molar-refractivity contribution in [3.63, 3.8) is 0 Å². The molecule has 3 rings (SSSR count). The SMILES string of the molecule is c1ccc2c(c1)SCCC2NN1CCCCC1. The first kappa shape index (κ1) is 11.6. The molecule has 0 amide bonds. The summed E-state index contributed by atoms with van der Waals surface area (Å²) < 4.78 is 0. The Morgan fingerprint density at radius 1 is 1.12 bits per heavy atom. The van der Waals surface area contributed by atoms with Crippen molar-refractivity contribution in [1.82, 2.24) is 10.4 Å². The van der Waals surface area contributed by atoms with Crippen LogP contribution in [0.2, 0.25) is 0 Å². The molecular formula is C14H20N2S. The van der Waals surface area contributed by atoms with Gasteiger partial charge in [-0.15, -0.1) is 11.8 Å². The molecule has 2 heterocycles. The number of nitrogens with one attached hydrogen (secondary N) is 1. The lowest BCUT2D eigenvalue weighted by Gasteiger charge is -2.34. The normalized spacial score (nSPS) is 25.5. The molecule has 0 saturated carbocycles. The molecule has 3 heteroatoms. The number of fused-ring (bicyclic) bond motifs is 1. The van der Waals surface area contributed by atoms with Crippen LogP contribution in [-0.4, -0.2) is 23.9 Å². The summed E-state index contributed by atoms with van der Waals surface area (Å²) in [6.45, 7) is 2.43. The lowest BCUT2D eigenvalue weighted by molar-refractivity contribution is 0.126. The molecule has 17 heavy (non-hydrogen) atoms. The van der Waals surface area contributed by atoms with Crippen LogP contribution in [0.15, 0.2) is 29.2 Å². The molecule has 0 aliphatic carbocycles. The molecule has 1 aromatic carbocycles. The molecule has 0 radical (unpaired) electrons. The Kier molecular flexibility index (Phi) is 3.69. The zero-order valence-corrected chi connectivity index (χ0v) is 11.0. The quantitative estimate of drug-likeness (QED) is 0.865. The van der Waals surface area contributed by atoms with Crippen LogP contribution in [0.25, 0.3) is 0 Å². The Bertz CT molecular complexity index is 374. The second kappa shape index (κ2) is 5.42. The van der Waals surface area contributed by atoms with Crippen molar-refractivity contribution < 1.29 is 0 Å². The number of nitrogens with zero attached hydrogens (tertiary/aromatic N) is 1. The van der Waals surface area contributed by atoms with Gasteiger partial charge in [0, 0.05) is 24.0 Å². The number of hydrogen-bond donors (Lipinski definition) is 1. The van der Waals surface area contributed by atoms with Crippen LogP contribution >= 0.6 is 11.8 Å². The summed E-state index contributed by atoms with van der Waals surface area (Å²) in [6.07, 6.45) is 5.33. The Hall–Kier alpha value is -0.510. The molecule has 2 nitrogen and oxygen atoms in total. The highest BCUT2D eigenvalue weighted by atomic mass is 32.2. The highest BCUT2D eigenvalue weighted by molar-refractivity contribution is 7.99. The molecule has 1 unspecified atom stereocenters. The summed E-state index contributed by atoms with van der Waals surface area (Å²) in [5.41, 5.74) is 5.23. The van der Waals surface area contributed by atoms with Gasteiger partial charge in [-0.3, -0.25) is 0 Å². The van der Waals surface area contributed by atoms with E-state index in [4.69, 9.17) is 0 Å². The number of hydrogen-bond acceptors (Lipinski definition) is 3. The first-order valence-corrected chi connectivity index (χ1v) is 7.65. The van der Waals surface area contributed by atoms with E-state index in [9.17, 15) is 0 Å². The lowest BCUT2D eigenvalue weighted by atomic mass is 10.0. The number of benzene rings is 1. The van der Waals surface area contributed by atoms with Crippen molar-refractivity contribution in [1.29, 1.82) is 0 Å². The van der Waals surface area contributed by atoms with E-state index < -0.39 is 0 Å². The summed E-state index contributed by atoms with van der Waals surface area (Å²) in [5, 5.41) is 2.43. The van der Waals surface area contributed by atoms with E-state index in [1.807, 2.05) is 11.8 Å². The van der Waals surface area contributed by atoms with Gasteiger partial charge in [-0.25, -0.2) is 10.4 Å². The molecular weight excluding hydrogens is 228 g/mol. The summed E-state index contributed by atoms with van der Waals surface area (Å²) in [7, 11) is 0. The van der Waals surface area contributed by atoms with E-state index in [1.54, 1.807) is 0 Å². The largest absolute Gasteiger partial charge is 0.248 e. The van der Waals surface area contributed by atoms with Gasteiger partial charge >= 0.3 is 0 Å². The number of hydrazine groups is 1. The molecule has 0 aromatic heterocycles. The fraction of sp³-hybridized carbons (Fsp3) is 0.571. The van der Waals surface area contributed by atoms with Crippen molar-refractivity contribution in [3.05, 3.63) is 29.8 Å². The summed E-state index contributed by atoms with van der Waals surface area (Å²) >= 11 is 2.00. The van der Waals surface area contributed by atoms with E-state index in [1.165, 1.54) is 55.0 Å². The summed E-state index contributed by atoms with van der Waals surface area (Å²) in [5.74, 6) is 1.24. The van der Waals surface area contributed by atoms with Gasteiger partial charge in [0.25, 0.3) is 0 Å². The van der Waals surface area contributed by atoms with Crippen molar-refractivity contribution >= 4 is 11.8 Å². The topological polar surface area (TPSA) is 15.3 Å². The lowest BCUT2D eigenvalue weighted by Crippen LogP contribution is -2.44. The first-order chi connectivity index (χ1) is 8.43. The zero-order chi connectivity index (χ0) is 11.5. The van der Waals surface area contributed by atoms with Crippen molar-refractivity contribution in [2.75, 3.05) is 18.8 Å². The fourth-order valence-corrected chi connectivity index (χ4v) is 3.84. The fourth-order valence-electron chi connectivity index (χ4n) is 2.72. The predicted molar refractivity (Wildman–Crippen MR) is 73.1 cm³/mol. The van der Waals surface area contributed by atoms with Gasteiger partial charge in [-0.1, -0.05) is 24.6 Å². The molecule has 1 aromatic rings. The van der Waals surface area contributed by atoms with Crippen molar-refractivity contribution in [2.24, 2.45) is 0 Å². The van der Waals surface area contributed by atoms with Gasteiger partial charge < -0.3 is 0 Å². The number of piperidine rings is 1. The van der Waals surface area contributed by atoms with Crippen LogP contribution in [0.1, 0.15) is 37.3 Å². The van der Waals surface area contributed by atoms with Crippen LogP contribution in [0, 0.1) is 0 Å². The molecule has 0 bridgehead atoms. The van der Waals surface area contributed by atoms with Crippen LogP contribution in [0.4, 0.5) is 0 Å². The highest BCUT2D eigenvalue weighted by Crippen LogP contribution is 2.36. The van der Waals surface area contributed by atoms with Gasteiger partial charge in [0.05, 0.1) is 0 Å².